The molecule has 0 fully saturated rings. The first kappa shape index (κ1) is 14.2. The predicted octanol–water partition coefficient (Wildman–Crippen LogP) is 1.22. The van der Waals surface area contributed by atoms with Gasteiger partial charge in [-0.05, 0) is 12.8 Å². The molecule has 1 amide bonds. The predicted molar refractivity (Wildman–Crippen MR) is 73.2 cm³/mol. The lowest BCUT2D eigenvalue weighted by Gasteiger charge is -2.05. The van der Waals surface area contributed by atoms with Gasteiger partial charge in [-0.25, -0.2) is 20.4 Å². The van der Waals surface area contributed by atoms with E-state index >= 15 is 0 Å². The van der Waals surface area contributed by atoms with Gasteiger partial charge in [-0.3, -0.25) is 10.0 Å². The molecule has 0 saturated carbocycles. The van der Waals surface area contributed by atoms with Crippen LogP contribution in [-0.4, -0.2) is 37.6 Å². The van der Waals surface area contributed by atoms with Gasteiger partial charge in [0.15, 0.2) is 11.5 Å². The number of rotatable bonds is 8. The van der Waals surface area contributed by atoms with Crippen molar-refractivity contribution < 1.29 is 10.0 Å². The molecule has 8 heteroatoms. The molecule has 0 saturated heterocycles. The summed E-state index contributed by atoms with van der Waals surface area (Å²) in [5.41, 5.74) is 3.09. The number of aromatic amines is 1. The summed E-state index contributed by atoms with van der Waals surface area (Å²) in [5, 5.41) is 11.6. The summed E-state index contributed by atoms with van der Waals surface area (Å²) in [5.74, 6) is 0.429. The van der Waals surface area contributed by atoms with Crippen LogP contribution in [0.3, 0.4) is 0 Å². The highest BCUT2D eigenvalue weighted by atomic mass is 16.5. The number of amides is 1. The molecule has 2 rings (SSSR count). The number of H-pyrrole nitrogens is 1. The lowest BCUT2D eigenvalue weighted by molar-refractivity contribution is -0.129. The fourth-order valence-electron chi connectivity index (χ4n) is 1.93. The van der Waals surface area contributed by atoms with E-state index < -0.39 is 0 Å². The Morgan fingerprint density at radius 1 is 1.20 bits per heavy atom. The number of carbonyl (C=O) groups excluding carboxylic acids is 1. The number of hydrogen-bond donors (Lipinski definition) is 4. The van der Waals surface area contributed by atoms with Gasteiger partial charge in [0.05, 0.1) is 6.33 Å². The molecule has 0 aromatic carbocycles. The average molecular weight is 278 g/mol. The lowest BCUT2D eigenvalue weighted by Crippen LogP contribution is -2.17. The second-order valence-corrected chi connectivity index (χ2v) is 4.45. The molecular weight excluding hydrogens is 260 g/mol. The van der Waals surface area contributed by atoms with Crippen molar-refractivity contribution in [1.82, 2.24) is 25.4 Å². The molecule has 2 heterocycles. The Morgan fingerprint density at radius 3 is 2.90 bits per heavy atom. The third kappa shape index (κ3) is 3.89. The number of imidazole rings is 1. The highest BCUT2D eigenvalue weighted by Crippen LogP contribution is 2.14. The molecule has 0 radical (unpaired) electrons. The van der Waals surface area contributed by atoms with Gasteiger partial charge in [-0.1, -0.05) is 12.8 Å². The molecule has 2 aromatic heterocycles. The van der Waals surface area contributed by atoms with Gasteiger partial charge in [0, 0.05) is 13.0 Å². The van der Waals surface area contributed by atoms with Gasteiger partial charge in [-0.2, -0.15) is 0 Å². The number of carbonyl (C=O) groups is 1. The Hall–Kier alpha value is -2.22. The highest BCUT2D eigenvalue weighted by Gasteiger charge is 2.04. The van der Waals surface area contributed by atoms with E-state index in [1.54, 1.807) is 11.8 Å². The first-order chi connectivity index (χ1) is 9.81. The van der Waals surface area contributed by atoms with Crippen LogP contribution in [0.25, 0.3) is 11.2 Å². The second-order valence-electron chi connectivity index (χ2n) is 4.45. The second kappa shape index (κ2) is 7.39. The van der Waals surface area contributed by atoms with E-state index in [1.165, 1.54) is 6.33 Å². The summed E-state index contributed by atoms with van der Waals surface area (Å²) in [6.07, 6.45) is 7.19. The molecule has 2 aromatic rings. The lowest BCUT2D eigenvalue weighted by atomic mass is 10.1. The maximum absolute atomic E-state index is 10.8. The van der Waals surface area contributed by atoms with E-state index in [0.717, 1.165) is 43.6 Å². The number of aromatic nitrogens is 4. The summed E-state index contributed by atoms with van der Waals surface area (Å²) >= 11 is 0. The minimum atomic E-state index is -0.328. The van der Waals surface area contributed by atoms with Gasteiger partial charge in [0.1, 0.15) is 11.8 Å². The maximum atomic E-state index is 10.8. The largest absolute Gasteiger partial charge is 0.368 e. The Kier molecular flexibility index (Phi) is 5.24. The Labute approximate surface area is 116 Å². The quantitative estimate of drug-likeness (QED) is 0.328. The molecule has 0 spiro atoms. The number of nitrogens with zero attached hydrogens (tertiary/aromatic N) is 3. The Bertz CT molecular complexity index is 556. The number of hydrogen-bond acceptors (Lipinski definition) is 6. The van der Waals surface area contributed by atoms with Gasteiger partial charge < -0.3 is 10.3 Å². The molecule has 0 aliphatic heterocycles. The van der Waals surface area contributed by atoms with E-state index in [0.29, 0.717) is 12.1 Å². The van der Waals surface area contributed by atoms with Crippen LogP contribution in [0.2, 0.25) is 0 Å². The third-order valence-electron chi connectivity index (χ3n) is 2.97. The Morgan fingerprint density at radius 2 is 2.05 bits per heavy atom. The summed E-state index contributed by atoms with van der Waals surface area (Å²) in [6.45, 7) is 0.803. The van der Waals surface area contributed by atoms with Crippen LogP contribution in [0.5, 0.6) is 0 Å². The highest BCUT2D eigenvalue weighted by molar-refractivity contribution is 5.81. The molecule has 108 valence electrons. The average Bonchev–Trinajstić information content (AvgIpc) is 2.95. The standard InChI is InChI=1S/C12H18N6O2/c19-9(18-20)5-3-1-2-4-6-13-11-10-12(15-7-14-10)17-8-16-11/h7-8,20H,1-6H2,(H,18,19)(H2,13,14,15,16,17). The molecular formula is C12H18N6O2. The number of fused-ring (bicyclic) bond motifs is 1. The first-order valence-electron chi connectivity index (χ1n) is 6.62. The SMILES string of the molecule is O=C(CCCCCCNc1ncnc2nc[nH]c12)NO. The molecule has 0 aliphatic carbocycles. The number of hydroxylamine groups is 1. The van der Waals surface area contributed by atoms with E-state index in [-0.39, 0.29) is 5.91 Å². The van der Waals surface area contributed by atoms with Crippen molar-refractivity contribution in [2.45, 2.75) is 32.1 Å². The van der Waals surface area contributed by atoms with Crippen molar-refractivity contribution >= 4 is 22.9 Å². The topological polar surface area (TPSA) is 116 Å². The summed E-state index contributed by atoms with van der Waals surface area (Å²) in [6, 6.07) is 0. The van der Waals surface area contributed by atoms with Crippen LogP contribution in [-0.2, 0) is 4.79 Å². The van der Waals surface area contributed by atoms with Crippen molar-refractivity contribution in [2.75, 3.05) is 11.9 Å². The van der Waals surface area contributed by atoms with Gasteiger partial charge in [0.25, 0.3) is 0 Å². The summed E-state index contributed by atoms with van der Waals surface area (Å²) in [7, 11) is 0. The molecule has 0 atom stereocenters. The van der Waals surface area contributed by atoms with Crippen molar-refractivity contribution in [3.63, 3.8) is 0 Å². The van der Waals surface area contributed by atoms with Gasteiger partial charge in [-0.15, -0.1) is 0 Å². The summed E-state index contributed by atoms with van der Waals surface area (Å²) in [4.78, 5) is 26.1. The van der Waals surface area contributed by atoms with Crippen LogP contribution in [0.4, 0.5) is 5.82 Å². The van der Waals surface area contributed by atoms with Crippen LogP contribution in [0.15, 0.2) is 12.7 Å². The minimum Gasteiger partial charge on any atom is -0.368 e. The maximum Gasteiger partial charge on any atom is 0.243 e. The van der Waals surface area contributed by atoms with E-state index in [4.69, 9.17) is 5.21 Å². The van der Waals surface area contributed by atoms with Crippen LogP contribution in [0.1, 0.15) is 32.1 Å². The zero-order valence-corrected chi connectivity index (χ0v) is 11.1. The third-order valence-corrected chi connectivity index (χ3v) is 2.97. The molecule has 4 N–H and O–H groups in total. The van der Waals surface area contributed by atoms with E-state index in [9.17, 15) is 4.79 Å². The molecule has 8 nitrogen and oxygen atoms in total. The van der Waals surface area contributed by atoms with E-state index in [1.807, 2.05) is 0 Å². The van der Waals surface area contributed by atoms with Crippen LogP contribution >= 0.6 is 0 Å². The van der Waals surface area contributed by atoms with Crippen molar-refractivity contribution in [1.29, 1.82) is 0 Å². The van der Waals surface area contributed by atoms with Gasteiger partial charge in [0.2, 0.25) is 5.91 Å². The zero-order chi connectivity index (χ0) is 14.2. The van der Waals surface area contributed by atoms with Crippen molar-refractivity contribution in [2.24, 2.45) is 0 Å². The van der Waals surface area contributed by atoms with Crippen molar-refractivity contribution in [3.05, 3.63) is 12.7 Å². The monoisotopic (exact) mass is 278 g/mol. The van der Waals surface area contributed by atoms with E-state index in [2.05, 4.69) is 25.3 Å². The molecule has 0 unspecified atom stereocenters. The molecule has 0 aliphatic rings. The summed E-state index contributed by atoms with van der Waals surface area (Å²) < 4.78 is 0. The molecule has 0 bridgehead atoms. The van der Waals surface area contributed by atoms with Crippen molar-refractivity contribution in [3.8, 4) is 0 Å². The smallest absolute Gasteiger partial charge is 0.243 e. The number of nitrogens with one attached hydrogen (secondary N) is 3. The molecule has 20 heavy (non-hydrogen) atoms. The minimum absolute atomic E-state index is 0.328. The first-order valence-corrected chi connectivity index (χ1v) is 6.62. The van der Waals surface area contributed by atoms with Crippen LogP contribution in [0, 0.1) is 0 Å². The Balaban J connectivity index is 1.64. The number of anilines is 1. The fraction of sp³-hybridized carbons (Fsp3) is 0.500. The number of unbranched alkanes of at least 4 members (excludes halogenated alkanes) is 3. The fourth-order valence-corrected chi connectivity index (χ4v) is 1.93. The normalized spacial score (nSPS) is 10.7. The van der Waals surface area contributed by atoms with Crippen LogP contribution < -0.4 is 10.8 Å². The van der Waals surface area contributed by atoms with Gasteiger partial charge >= 0.3 is 0 Å². The zero-order valence-electron chi connectivity index (χ0n) is 11.1.